The van der Waals surface area contributed by atoms with Gasteiger partial charge in [-0.3, -0.25) is 19.2 Å². The number of benzene rings is 2. The largest absolute Gasteiger partial charge is 0.494 e. The number of aryl methyl sites for hydroxylation is 1. The number of fused-ring (bicyclic) bond motifs is 2. The molecule has 0 aliphatic carbocycles. The number of nitrogens with one attached hydrogen (secondary N) is 1. The molecule has 35 heavy (non-hydrogen) atoms. The van der Waals surface area contributed by atoms with Gasteiger partial charge >= 0.3 is 5.69 Å². The van der Waals surface area contributed by atoms with Crippen LogP contribution in [0.15, 0.2) is 46.0 Å². The zero-order chi connectivity index (χ0) is 24.7. The summed E-state index contributed by atoms with van der Waals surface area (Å²) in [5.41, 5.74) is 1.67. The van der Waals surface area contributed by atoms with Gasteiger partial charge in [0.1, 0.15) is 0 Å². The van der Waals surface area contributed by atoms with Gasteiger partial charge in [-0.25, -0.2) is 4.79 Å². The van der Waals surface area contributed by atoms with Crippen molar-refractivity contribution in [3.8, 4) is 23.1 Å². The highest BCUT2D eigenvalue weighted by molar-refractivity contribution is 5.63. The lowest BCUT2D eigenvalue weighted by Crippen LogP contribution is -2.40. The second-order valence-electron chi connectivity index (χ2n) is 9.09. The predicted octanol–water partition coefficient (Wildman–Crippen LogP) is 2.75. The van der Waals surface area contributed by atoms with Gasteiger partial charge in [0, 0.05) is 18.2 Å². The molecule has 2 aromatic carbocycles. The molecule has 1 aromatic heterocycles. The minimum absolute atomic E-state index is 0.0880. The summed E-state index contributed by atoms with van der Waals surface area (Å²) in [4.78, 5) is 30.4. The molecule has 0 radical (unpaired) electrons. The standard InChI is InChI=1S/C26H29N3O6/c1-15(9-10-16-7-5-4-6-8-16)29-25(31)20(24(30)27-26(29)32)21-19-17(11-12-28(21)2)13-18-22(23(19)33-3)35-14-34-18/h4-8,13,15,21,31H,9-12,14H2,1-3H3,(H,27,30,32)/t15-,21+/m0/s1. The number of hydrogen-bond acceptors (Lipinski definition) is 7. The monoisotopic (exact) mass is 479 g/mol. The van der Waals surface area contributed by atoms with Gasteiger partial charge in [0.2, 0.25) is 18.4 Å². The van der Waals surface area contributed by atoms with Crippen molar-refractivity contribution in [2.24, 2.45) is 0 Å². The van der Waals surface area contributed by atoms with E-state index in [0.29, 0.717) is 36.6 Å². The summed E-state index contributed by atoms with van der Waals surface area (Å²) < 4.78 is 18.2. The molecule has 0 spiro atoms. The Bertz CT molecular complexity index is 1360. The van der Waals surface area contributed by atoms with Crippen molar-refractivity contribution < 1.29 is 19.3 Å². The van der Waals surface area contributed by atoms with Gasteiger partial charge in [0.05, 0.1) is 18.7 Å². The zero-order valence-electron chi connectivity index (χ0n) is 20.0. The first-order valence-electron chi connectivity index (χ1n) is 11.7. The van der Waals surface area contributed by atoms with E-state index < -0.39 is 17.3 Å². The Balaban J connectivity index is 1.61. The summed E-state index contributed by atoms with van der Waals surface area (Å²) in [6, 6.07) is 10.9. The summed E-state index contributed by atoms with van der Waals surface area (Å²) in [6.45, 7) is 2.59. The van der Waals surface area contributed by atoms with Gasteiger partial charge in [-0.05, 0) is 50.4 Å². The van der Waals surface area contributed by atoms with Crippen LogP contribution in [0.3, 0.4) is 0 Å². The van der Waals surface area contributed by atoms with Crippen LogP contribution in [-0.4, -0.2) is 47.1 Å². The van der Waals surface area contributed by atoms with E-state index in [1.165, 1.54) is 4.57 Å². The normalized spacial score (nSPS) is 17.7. The summed E-state index contributed by atoms with van der Waals surface area (Å²) in [6.07, 6.45) is 2.05. The Labute approximate surface area is 202 Å². The number of aromatic nitrogens is 2. The van der Waals surface area contributed by atoms with Gasteiger partial charge in [-0.15, -0.1) is 0 Å². The number of H-pyrrole nitrogens is 1. The minimum Gasteiger partial charge on any atom is -0.494 e. The molecule has 2 atom stereocenters. The minimum atomic E-state index is -0.639. The summed E-state index contributed by atoms with van der Waals surface area (Å²) in [5.74, 6) is 1.22. The number of hydrogen-bond donors (Lipinski definition) is 2. The Kier molecular flexibility index (Phi) is 6.02. The highest BCUT2D eigenvalue weighted by Gasteiger charge is 2.38. The number of ether oxygens (including phenoxy) is 3. The van der Waals surface area contributed by atoms with Crippen molar-refractivity contribution in [1.82, 2.24) is 14.5 Å². The fourth-order valence-corrected chi connectivity index (χ4v) is 5.15. The molecule has 5 rings (SSSR count). The molecular formula is C26H29N3O6. The maximum atomic E-state index is 13.2. The van der Waals surface area contributed by atoms with Gasteiger partial charge in [0.15, 0.2) is 11.5 Å². The smallest absolute Gasteiger partial charge is 0.331 e. The van der Waals surface area contributed by atoms with E-state index in [1.807, 2.05) is 55.3 Å². The third-order valence-electron chi connectivity index (χ3n) is 6.96. The SMILES string of the molecule is COc1c2c(cc3c1[C@H](c1c(O)n([C@@H](C)CCc4ccccc4)c(=O)[nH]c1=O)N(C)CC3)OCO2. The molecule has 184 valence electrons. The van der Waals surface area contributed by atoms with E-state index in [0.717, 1.165) is 23.1 Å². The fraction of sp³-hybridized carbons (Fsp3) is 0.385. The molecular weight excluding hydrogens is 450 g/mol. The molecule has 0 fully saturated rings. The van der Waals surface area contributed by atoms with Crippen LogP contribution in [0, 0.1) is 0 Å². The van der Waals surface area contributed by atoms with Crippen molar-refractivity contribution in [3.63, 3.8) is 0 Å². The molecule has 2 N–H and O–H groups in total. The lowest BCUT2D eigenvalue weighted by molar-refractivity contribution is 0.170. The van der Waals surface area contributed by atoms with E-state index in [4.69, 9.17) is 14.2 Å². The first-order valence-corrected chi connectivity index (χ1v) is 11.7. The maximum absolute atomic E-state index is 13.2. The van der Waals surface area contributed by atoms with Crippen LogP contribution >= 0.6 is 0 Å². The van der Waals surface area contributed by atoms with E-state index in [1.54, 1.807) is 7.11 Å². The first-order chi connectivity index (χ1) is 16.9. The predicted molar refractivity (Wildman–Crippen MR) is 130 cm³/mol. The van der Waals surface area contributed by atoms with Crippen LogP contribution in [0.4, 0.5) is 0 Å². The Morgan fingerprint density at radius 2 is 1.97 bits per heavy atom. The second-order valence-corrected chi connectivity index (χ2v) is 9.09. The number of rotatable bonds is 6. The van der Waals surface area contributed by atoms with E-state index in [2.05, 4.69) is 4.98 Å². The van der Waals surface area contributed by atoms with E-state index in [9.17, 15) is 14.7 Å². The third kappa shape index (κ3) is 3.95. The van der Waals surface area contributed by atoms with Crippen LogP contribution in [-0.2, 0) is 12.8 Å². The molecule has 0 saturated carbocycles. The van der Waals surface area contributed by atoms with Crippen LogP contribution < -0.4 is 25.5 Å². The van der Waals surface area contributed by atoms with Crippen molar-refractivity contribution in [3.05, 3.63) is 79.5 Å². The second kappa shape index (κ2) is 9.14. The number of aromatic hydroxyl groups is 1. The van der Waals surface area contributed by atoms with Crippen molar-refractivity contribution in [1.29, 1.82) is 0 Å². The van der Waals surface area contributed by atoms with Crippen LogP contribution in [0.2, 0.25) is 0 Å². The number of aromatic amines is 1. The molecule has 0 bridgehead atoms. The summed E-state index contributed by atoms with van der Waals surface area (Å²) in [5, 5.41) is 11.4. The topological polar surface area (TPSA) is 106 Å². The Hall–Kier alpha value is -3.72. The number of likely N-dealkylation sites (N-methyl/N-ethyl adjacent to an activating group) is 1. The van der Waals surface area contributed by atoms with Gasteiger partial charge < -0.3 is 19.3 Å². The molecule has 9 heteroatoms. The first kappa shape index (κ1) is 23.0. The van der Waals surface area contributed by atoms with Gasteiger partial charge in [-0.2, -0.15) is 0 Å². The lowest BCUT2D eigenvalue weighted by Gasteiger charge is -2.36. The molecule has 0 unspecified atom stereocenters. The Morgan fingerprint density at radius 1 is 1.20 bits per heavy atom. The Morgan fingerprint density at radius 3 is 2.71 bits per heavy atom. The van der Waals surface area contributed by atoms with E-state index >= 15 is 0 Å². The third-order valence-corrected chi connectivity index (χ3v) is 6.96. The van der Waals surface area contributed by atoms with Gasteiger partial charge in [-0.1, -0.05) is 30.3 Å². The average Bonchev–Trinajstić information content (AvgIpc) is 3.31. The van der Waals surface area contributed by atoms with Crippen molar-refractivity contribution in [2.45, 2.75) is 38.3 Å². The number of methoxy groups -OCH3 is 1. The molecule has 2 aliphatic rings. The highest BCUT2D eigenvalue weighted by atomic mass is 16.7. The molecule has 2 aliphatic heterocycles. The molecule has 3 aromatic rings. The molecule has 0 saturated heterocycles. The molecule has 9 nitrogen and oxygen atoms in total. The average molecular weight is 480 g/mol. The quantitative estimate of drug-likeness (QED) is 0.560. The van der Waals surface area contributed by atoms with Gasteiger partial charge in [0.25, 0.3) is 5.56 Å². The maximum Gasteiger partial charge on any atom is 0.331 e. The fourth-order valence-electron chi connectivity index (χ4n) is 5.15. The molecule has 3 heterocycles. The van der Waals surface area contributed by atoms with Crippen molar-refractivity contribution in [2.75, 3.05) is 27.5 Å². The summed E-state index contributed by atoms with van der Waals surface area (Å²) in [7, 11) is 3.42. The van der Waals surface area contributed by atoms with E-state index in [-0.39, 0.29) is 24.3 Å². The lowest BCUT2D eigenvalue weighted by atomic mass is 9.87. The summed E-state index contributed by atoms with van der Waals surface area (Å²) >= 11 is 0. The van der Waals surface area contributed by atoms with Crippen LogP contribution in [0.25, 0.3) is 0 Å². The van der Waals surface area contributed by atoms with Crippen LogP contribution in [0.1, 0.15) is 47.7 Å². The molecule has 0 amide bonds. The number of nitrogens with zero attached hydrogens (tertiary/aromatic N) is 2. The van der Waals surface area contributed by atoms with Crippen molar-refractivity contribution >= 4 is 0 Å². The zero-order valence-corrected chi connectivity index (χ0v) is 20.0. The highest BCUT2D eigenvalue weighted by Crippen LogP contribution is 2.51. The van der Waals surface area contributed by atoms with Crippen LogP contribution in [0.5, 0.6) is 23.1 Å².